The van der Waals surface area contributed by atoms with E-state index in [9.17, 15) is 4.79 Å². The number of hydrogen-bond acceptors (Lipinski definition) is 2. The zero-order chi connectivity index (χ0) is 20.7. The van der Waals surface area contributed by atoms with Crippen molar-refractivity contribution in [3.8, 4) is 0 Å². The number of allylic oxidation sites excluding steroid dienone is 1. The van der Waals surface area contributed by atoms with E-state index >= 15 is 0 Å². The molecule has 0 amide bonds. The van der Waals surface area contributed by atoms with Crippen LogP contribution in [0.3, 0.4) is 0 Å². The first-order valence-corrected chi connectivity index (χ1v) is 10.2. The van der Waals surface area contributed by atoms with Crippen LogP contribution in [0.25, 0.3) is 6.08 Å². The summed E-state index contributed by atoms with van der Waals surface area (Å²) >= 11 is 0. The maximum Gasteiger partial charge on any atom is 0.121 e. The van der Waals surface area contributed by atoms with Gasteiger partial charge in [0.2, 0.25) is 0 Å². The number of hydrogen-bond donors (Lipinski definition) is 0. The zero-order valence-corrected chi connectivity index (χ0v) is 16.8. The van der Waals surface area contributed by atoms with E-state index in [1.165, 1.54) is 0 Å². The Morgan fingerprint density at radius 1 is 0.733 bits per heavy atom. The molecule has 0 unspecified atom stereocenters. The maximum atomic E-state index is 10.6. The monoisotopic (exact) mass is 392 g/mol. The van der Waals surface area contributed by atoms with Gasteiger partial charge in [0.15, 0.2) is 0 Å². The molecule has 0 N–H and O–H groups in total. The smallest absolute Gasteiger partial charge is 0.121 e. The molecule has 0 saturated carbocycles. The van der Waals surface area contributed by atoms with E-state index in [0.29, 0.717) is 6.42 Å². The van der Waals surface area contributed by atoms with Crippen LogP contribution in [0.15, 0.2) is 110 Å². The summed E-state index contributed by atoms with van der Waals surface area (Å²) in [6.45, 7) is 0. The molecule has 3 nitrogen and oxygen atoms in total. The lowest BCUT2D eigenvalue weighted by atomic mass is 9.77. The second-order valence-corrected chi connectivity index (χ2v) is 7.16. The Kier molecular flexibility index (Phi) is 6.00. The SMILES string of the molecule is O=CCC/C=C\c1cn(C(c2ccccc2)(c2ccccc2)c2ccccc2)cn1. The molecule has 148 valence electrons. The molecule has 0 bridgehead atoms. The third-order valence-corrected chi connectivity index (χ3v) is 5.30. The van der Waals surface area contributed by atoms with Gasteiger partial charge >= 0.3 is 0 Å². The number of imidazole rings is 1. The summed E-state index contributed by atoms with van der Waals surface area (Å²) in [4.78, 5) is 15.2. The minimum absolute atomic E-state index is 0.527. The molecule has 1 aromatic heterocycles. The topological polar surface area (TPSA) is 34.9 Å². The van der Waals surface area contributed by atoms with Crippen LogP contribution in [0.2, 0.25) is 0 Å². The zero-order valence-electron chi connectivity index (χ0n) is 16.8. The molecule has 4 aromatic rings. The highest BCUT2D eigenvalue weighted by atomic mass is 16.1. The molecule has 0 spiro atoms. The van der Waals surface area contributed by atoms with E-state index in [1.54, 1.807) is 0 Å². The minimum Gasteiger partial charge on any atom is -0.318 e. The molecule has 3 aromatic carbocycles. The Hall–Kier alpha value is -3.72. The summed E-state index contributed by atoms with van der Waals surface area (Å²) < 4.78 is 2.19. The predicted octanol–water partition coefficient (Wildman–Crippen LogP) is 5.72. The Morgan fingerprint density at radius 3 is 1.70 bits per heavy atom. The molecule has 0 aliphatic rings. The summed E-state index contributed by atoms with van der Waals surface area (Å²) in [5.41, 5.74) is 3.81. The Labute approximate surface area is 177 Å². The number of aromatic nitrogens is 2. The fraction of sp³-hybridized carbons (Fsp3) is 0.111. The van der Waals surface area contributed by atoms with E-state index in [1.807, 2.05) is 36.7 Å². The van der Waals surface area contributed by atoms with Crippen LogP contribution >= 0.6 is 0 Å². The number of unbranched alkanes of at least 4 members (excludes halogenated alkanes) is 1. The quantitative estimate of drug-likeness (QED) is 0.218. The van der Waals surface area contributed by atoms with Crippen molar-refractivity contribution < 1.29 is 4.79 Å². The van der Waals surface area contributed by atoms with Gasteiger partial charge in [-0.3, -0.25) is 0 Å². The molecule has 0 atom stereocenters. The molecule has 0 aliphatic heterocycles. The first kappa shape index (κ1) is 19.6. The van der Waals surface area contributed by atoms with E-state index < -0.39 is 5.54 Å². The molecule has 3 heteroatoms. The first-order chi connectivity index (χ1) is 14.9. The van der Waals surface area contributed by atoms with Crippen LogP contribution in [0.1, 0.15) is 35.2 Å². The number of carbonyl (C=O) groups is 1. The molecular formula is C27H24N2O. The van der Waals surface area contributed by atoms with E-state index in [2.05, 4.69) is 88.5 Å². The number of nitrogens with zero attached hydrogens (tertiary/aromatic N) is 2. The Bertz CT molecular complexity index is 1000. The molecule has 4 rings (SSSR count). The fourth-order valence-electron chi connectivity index (χ4n) is 3.96. The average Bonchev–Trinajstić information content (AvgIpc) is 3.29. The number of carbonyl (C=O) groups excluding carboxylic acids is 1. The summed E-state index contributed by atoms with van der Waals surface area (Å²) in [5.74, 6) is 0. The Balaban J connectivity index is 1.93. The van der Waals surface area contributed by atoms with Crippen LogP contribution in [0.4, 0.5) is 0 Å². The van der Waals surface area contributed by atoms with Crippen molar-refractivity contribution in [2.24, 2.45) is 0 Å². The molecule has 0 fully saturated rings. The van der Waals surface area contributed by atoms with Gasteiger partial charge in [0.05, 0.1) is 12.0 Å². The van der Waals surface area contributed by atoms with Crippen LogP contribution in [0.5, 0.6) is 0 Å². The Morgan fingerprint density at radius 2 is 1.23 bits per heavy atom. The average molecular weight is 393 g/mol. The van der Waals surface area contributed by atoms with Gasteiger partial charge in [-0.25, -0.2) is 4.98 Å². The maximum absolute atomic E-state index is 10.6. The number of aldehydes is 1. The fourth-order valence-corrected chi connectivity index (χ4v) is 3.96. The van der Waals surface area contributed by atoms with Crippen LogP contribution in [-0.2, 0) is 10.3 Å². The summed E-state index contributed by atoms with van der Waals surface area (Å²) in [6.07, 6.45) is 10.1. The third-order valence-electron chi connectivity index (χ3n) is 5.30. The third kappa shape index (κ3) is 3.74. The van der Waals surface area contributed by atoms with Crippen molar-refractivity contribution in [1.82, 2.24) is 9.55 Å². The van der Waals surface area contributed by atoms with E-state index in [0.717, 1.165) is 35.1 Å². The molecule has 30 heavy (non-hydrogen) atoms. The largest absolute Gasteiger partial charge is 0.318 e. The van der Waals surface area contributed by atoms with Crippen molar-refractivity contribution in [2.75, 3.05) is 0 Å². The molecule has 0 radical (unpaired) electrons. The van der Waals surface area contributed by atoms with Crippen LogP contribution in [0, 0.1) is 0 Å². The van der Waals surface area contributed by atoms with Gasteiger partial charge in [-0.05, 0) is 29.2 Å². The molecule has 0 aliphatic carbocycles. The van der Waals surface area contributed by atoms with Gasteiger partial charge in [-0.2, -0.15) is 0 Å². The van der Waals surface area contributed by atoms with Crippen molar-refractivity contribution in [2.45, 2.75) is 18.4 Å². The van der Waals surface area contributed by atoms with Gasteiger partial charge in [-0.1, -0.05) is 97.1 Å². The molecule has 0 saturated heterocycles. The predicted molar refractivity (Wildman–Crippen MR) is 121 cm³/mol. The minimum atomic E-state index is -0.550. The van der Waals surface area contributed by atoms with E-state index in [-0.39, 0.29) is 0 Å². The summed E-state index contributed by atoms with van der Waals surface area (Å²) in [5, 5.41) is 0. The van der Waals surface area contributed by atoms with E-state index in [4.69, 9.17) is 0 Å². The summed E-state index contributed by atoms with van der Waals surface area (Å²) in [6, 6.07) is 31.6. The highest BCUT2D eigenvalue weighted by molar-refractivity contribution is 5.53. The summed E-state index contributed by atoms with van der Waals surface area (Å²) in [7, 11) is 0. The van der Waals surface area contributed by atoms with Gasteiger partial charge < -0.3 is 9.36 Å². The van der Waals surface area contributed by atoms with Gasteiger partial charge in [-0.15, -0.1) is 0 Å². The first-order valence-electron chi connectivity index (χ1n) is 10.2. The lowest BCUT2D eigenvalue weighted by Crippen LogP contribution is -2.36. The normalized spacial score (nSPS) is 11.6. The van der Waals surface area contributed by atoms with Gasteiger partial charge in [0.25, 0.3) is 0 Å². The van der Waals surface area contributed by atoms with Crippen molar-refractivity contribution in [3.63, 3.8) is 0 Å². The van der Waals surface area contributed by atoms with Crippen LogP contribution in [-0.4, -0.2) is 15.8 Å². The second kappa shape index (κ2) is 9.19. The lowest BCUT2D eigenvalue weighted by Gasteiger charge is -2.37. The van der Waals surface area contributed by atoms with Crippen molar-refractivity contribution in [3.05, 3.63) is 132 Å². The van der Waals surface area contributed by atoms with Gasteiger partial charge in [0, 0.05) is 12.6 Å². The van der Waals surface area contributed by atoms with Crippen molar-refractivity contribution in [1.29, 1.82) is 0 Å². The second-order valence-electron chi connectivity index (χ2n) is 7.16. The number of rotatable bonds is 8. The van der Waals surface area contributed by atoms with Crippen LogP contribution < -0.4 is 0 Å². The highest BCUT2D eigenvalue weighted by Crippen LogP contribution is 2.40. The standard InChI is InChI=1S/C27H24N2O/c30-20-12-4-11-19-26-21-29(22-28-26)27(23-13-5-1-6-14-23,24-15-7-2-8-16-24)25-17-9-3-10-18-25/h1-3,5-11,13-22H,4,12H2/b19-11-. The van der Waals surface area contributed by atoms with Crippen molar-refractivity contribution >= 4 is 12.4 Å². The highest BCUT2D eigenvalue weighted by Gasteiger charge is 2.38. The molecular weight excluding hydrogens is 368 g/mol. The molecule has 1 heterocycles. The lowest BCUT2D eigenvalue weighted by molar-refractivity contribution is -0.107. The number of benzene rings is 3. The van der Waals surface area contributed by atoms with Gasteiger partial charge in [0.1, 0.15) is 11.8 Å².